The molecule has 1 saturated heterocycles. The van der Waals surface area contributed by atoms with E-state index in [9.17, 15) is 23.6 Å². The van der Waals surface area contributed by atoms with Crippen LogP contribution in [-0.4, -0.2) is 48.3 Å². The minimum atomic E-state index is -0.648. The summed E-state index contributed by atoms with van der Waals surface area (Å²) in [6, 6.07) is 6.29. The van der Waals surface area contributed by atoms with E-state index in [0.717, 1.165) is 30.6 Å². The number of esters is 1. The average Bonchev–Trinajstić information content (AvgIpc) is 2.97. The Bertz CT molecular complexity index is 773. The summed E-state index contributed by atoms with van der Waals surface area (Å²) in [5, 5.41) is 2.56. The van der Waals surface area contributed by atoms with Crippen LogP contribution in [0.15, 0.2) is 24.3 Å². The third-order valence-corrected chi connectivity index (χ3v) is 5.51. The van der Waals surface area contributed by atoms with Crippen LogP contribution in [-0.2, 0) is 30.3 Å². The van der Waals surface area contributed by atoms with Crippen molar-refractivity contribution < 1.29 is 28.3 Å². The highest BCUT2D eigenvalue weighted by Crippen LogP contribution is 2.37. The van der Waals surface area contributed by atoms with Gasteiger partial charge in [0, 0.05) is 13.1 Å². The van der Waals surface area contributed by atoms with Crippen molar-refractivity contribution in [2.75, 3.05) is 19.7 Å². The molecule has 0 unspecified atom stereocenters. The van der Waals surface area contributed by atoms with E-state index >= 15 is 0 Å². The van der Waals surface area contributed by atoms with Gasteiger partial charge in [0.1, 0.15) is 5.82 Å². The maximum Gasteiger partial charge on any atom is 0.308 e. The molecule has 1 aromatic carbocycles. The number of halogens is 1. The van der Waals surface area contributed by atoms with Crippen LogP contribution in [0.2, 0.25) is 0 Å². The maximum absolute atomic E-state index is 13.5. The van der Waals surface area contributed by atoms with E-state index in [-0.39, 0.29) is 49.0 Å². The van der Waals surface area contributed by atoms with Crippen LogP contribution < -0.4 is 5.32 Å². The van der Waals surface area contributed by atoms with Crippen LogP contribution in [0.1, 0.15) is 37.7 Å². The predicted molar refractivity (Wildman–Crippen MR) is 101 cm³/mol. The fourth-order valence-corrected chi connectivity index (χ4v) is 3.96. The number of rotatable bonds is 8. The second-order valence-corrected chi connectivity index (χ2v) is 7.43. The predicted octanol–water partition coefficient (Wildman–Crippen LogP) is 1.59. The Kier molecular flexibility index (Phi) is 6.95. The first-order valence-corrected chi connectivity index (χ1v) is 9.98. The molecule has 2 atom stereocenters. The summed E-state index contributed by atoms with van der Waals surface area (Å²) in [6.07, 6.45) is 3.53. The summed E-state index contributed by atoms with van der Waals surface area (Å²) in [5.74, 6) is -2.35. The van der Waals surface area contributed by atoms with Crippen molar-refractivity contribution in [3.63, 3.8) is 0 Å². The van der Waals surface area contributed by atoms with Gasteiger partial charge in [-0.25, -0.2) is 4.39 Å². The van der Waals surface area contributed by atoms with Crippen molar-refractivity contribution in [2.24, 2.45) is 11.8 Å². The van der Waals surface area contributed by atoms with Crippen molar-refractivity contribution in [1.29, 1.82) is 0 Å². The van der Waals surface area contributed by atoms with Gasteiger partial charge in [0.25, 0.3) is 5.91 Å². The lowest BCUT2D eigenvalue weighted by Gasteiger charge is -2.19. The molecule has 1 N–H and O–H groups in total. The van der Waals surface area contributed by atoms with E-state index in [4.69, 9.17) is 4.74 Å². The standard InChI is InChI=1S/C21H25FN2O5/c22-17-8-4-1-5-14(17)9-11-23-18(25)13-29-19(26)10-12-24-20(27)15-6-2-3-7-16(15)21(24)28/h1,4-5,8,15-16H,2-3,6-7,9-13H2,(H,23,25)/t15-,16-/m0/s1. The van der Waals surface area contributed by atoms with Crippen molar-refractivity contribution in [3.8, 4) is 0 Å². The number of nitrogens with zero attached hydrogens (tertiary/aromatic N) is 1. The van der Waals surface area contributed by atoms with Gasteiger partial charge in [-0.3, -0.25) is 24.1 Å². The Morgan fingerprint density at radius 2 is 1.76 bits per heavy atom. The molecule has 2 fully saturated rings. The number of imide groups is 1. The molecule has 3 amide bonds. The Labute approximate surface area is 168 Å². The number of likely N-dealkylation sites (tertiary alicyclic amines) is 1. The highest BCUT2D eigenvalue weighted by Gasteiger charge is 2.47. The fraction of sp³-hybridized carbons (Fsp3) is 0.524. The molecule has 0 aromatic heterocycles. The first-order chi connectivity index (χ1) is 14.0. The molecule has 156 valence electrons. The Balaban J connectivity index is 1.34. The third kappa shape index (κ3) is 5.19. The number of carbonyl (C=O) groups excluding carboxylic acids is 4. The number of carbonyl (C=O) groups is 4. The van der Waals surface area contributed by atoms with Crippen LogP contribution in [0.25, 0.3) is 0 Å². The molecule has 0 radical (unpaired) electrons. The van der Waals surface area contributed by atoms with Crippen LogP contribution in [0.4, 0.5) is 4.39 Å². The smallest absolute Gasteiger partial charge is 0.308 e. The molecule has 29 heavy (non-hydrogen) atoms. The minimum absolute atomic E-state index is 0.0155. The molecule has 1 aromatic rings. The normalized spacial score (nSPS) is 21.1. The monoisotopic (exact) mass is 404 g/mol. The molecule has 1 aliphatic carbocycles. The highest BCUT2D eigenvalue weighted by molar-refractivity contribution is 6.05. The third-order valence-electron chi connectivity index (χ3n) is 5.51. The van der Waals surface area contributed by atoms with Gasteiger partial charge in [0.15, 0.2) is 6.61 Å². The Morgan fingerprint density at radius 1 is 1.10 bits per heavy atom. The lowest BCUT2D eigenvalue weighted by Crippen LogP contribution is -2.34. The summed E-state index contributed by atoms with van der Waals surface area (Å²) in [4.78, 5) is 49.5. The van der Waals surface area contributed by atoms with Gasteiger partial charge in [-0.2, -0.15) is 0 Å². The zero-order valence-corrected chi connectivity index (χ0v) is 16.2. The molecule has 8 heteroatoms. The Morgan fingerprint density at radius 3 is 2.41 bits per heavy atom. The van der Waals surface area contributed by atoms with E-state index in [2.05, 4.69) is 5.32 Å². The topological polar surface area (TPSA) is 92.8 Å². The molecule has 0 spiro atoms. The molecule has 3 rings (SSSR count). The molecular formula is C21H25FN2O5. The van der Waals surface area contributed by atoms with E-state index < -0.39 is 18.5 Å². The van der Waals surface area contributed by atoms with Crippen LogP contribution in [0, 0.1) is 17.7 Å². The highest BCUT2D eigenvalue weighted by atomic mass is 19.1. The van der Waals surface area contributed by atoms with Crippen molar-refractivity contribution >= 4 is 23.7 Å². The quantitative estimate of drug-likeness (QED) is 0.525. The van der Waals surface area contributed by atoms with Gasteiger partial charge >= 0.3 is 5.97 Å². The summed E-state index contributed by atoms with van der Waals surface area (Å²) in [5.41, 5.74) is 0.491. The average molecular weight is 404 g/mol. The number of ether oxygens (including phenoxy) is 1. The number of amides is 3. The molecule has 1 aliphatic heterocycles. The summed E-state index contributed by atoms with van der Waals surface area (Å²) < 4.78 is 18.4. The van der Waals surface area contributed by atoms with Gasteiger partial charge in [0.05, 0.1) is 18.3 Å². The van der Waals surface area contributed by atoms with Gasteiger partial charge in [-0.05, 0) is 30.9 Å². The van der Waals surface area contributed by atoms with Gasteiger partial charge in [-0.15, -0.1) is 0 Å². The van der Waals surface area contributed by atoms with Gasteiger partial charge < -0.3 is 10.1 Å². The molecule has 2 aliphatic rings. The van der Waals surface area contributed by atoms with E-state index in [0.29, 0.717) is 12.0 Å². The molecule has 1 heterocycles. The number of fused-ring (bicyclic) bond motifs is 1. The first kappa shape index (κ1) is 21.0. The lowest BCUT2D eigenvalue weighted by atomic mass is 9.81. The van der Waals surface area contributed by atoms with Crippen molar-refractivity contribution in [2.45, 2.75) is 38.5 Å². The Hall–Kier alpha value is -2.77. The number of hydrogen-bond donors (Lipinski definition) is 1. The summed E-state index contributed by atoms with van der Waals surface area (Å²) in [6.45, 7) is -0.251. The number of benzene rings is 1. The van der Waals surface area contributed by atoms with Crippen LogP contribution in [0.5, 0.6) is 0 Å². The van der Waals surface area contributed by atoms with Gasteiger partial charge in [-0.1, -0.05) is 31.0 Å². The second kappa shape index (κ2) is 9.62. The number of nitrogens with one attached hydrogen (secondary N) is 1. The van der Waals surface area contributed by atoms with Crippen LogP contribution in [0.3, 0.4) is 0 Å². The van der Waals surface area contributed by atoms with Gasteiger partial charge in [0.2, 0.25) is 11.8 Å². The fourth-order valence-electron chi connectivity index (χ4n) is 3.96. The largest absolute Gasteiger partial charge is 0.456 e. The zero-order valence-electron chi connectivity index (χ0n) is 16.2. The van der Waals surface area contributed by atoms with E-state index in [1.165, 1.54) is 6.07 Å². The summed E-state index contributed by atoms with van der Waals surface area (Å²) in [7, 11) is 0. The SMILES string of the molecule is O=C(COC(=O)CCN1C(=O)[C@H]2CCCC[C@@H]2C1=O)NCCc1ccccc1F. The molecule has 0 bridgehead atoms. The van der Waals surface area contributed by atoms with E-state index in [1.54, 1.807) is 18.2 Å². The minimum Gasteiger partial charge on any atom is -0.456 e. The first-order valence-electron chi connectivity index (χ1n) is 9.98. The summed E-state index contributed by atoms with van der Waals surface area (Å²) >= 11 is 0. The zero-order chi connectivity index (χ0) is 20.8. The van der Waals surface area contributed by atoms with E-state index in [1.807, 2.05) is 0 Å². The van der Waals surface area contributed by atoms with Crippen LogP contribution >= 0.6 is 0 Å². The second-order valence-electron chi connectivity index (χ2n) is 7.43. The molecular weight excluding hydrogens is 379 g/mol. The number of hydrogen-bond acceptors (Lipinski definition) is 5. The van der Waals surface area contributed by atoms with Crippen molar-refractivity contribution in [1.82, 2.24) is 10.2 Å². The lowest BCUT2D eigenvalue weighted by molar-refractivity contribution is -0.149. The maximum atomic E-state index is 13.5. The molecule has 1 saturated carbocycles. The van der Waals surface area contributed by atoms with Crippen molar-refractivity contribution in [3.05, 3.63) is 35.6 Å². The molecule has 7 nitrogen and oxygen atoms in total.